The molecule has 0 fully saturated rings. The minimum Gasteiger partial charge on any atom is -0.387 e. The number of pyridine rings is 1. The normalized spacial score (nSPS) is 12.5. The van der Waals surface area contributed by atoms with Gasteiger partial charge in [0, 0.05) is 6.20 Å². The van der Waals surface area contributed by atoms with Gasteiger partial charge in [-0.3, -0.25) is 5.41 Å². The van der Waals surface area contributed by atoms with Crippen LogP contribution in [0.4, 0.5) is 0 Å². The zero-order chi connectivity index (χ0) is 9.84. The van der Waals surface area contributed by atoms with Crippen molar-refractivity contribution in [1.29, 1.82) is 5.41 Å². The quantitative estimate of drug-likeness (QED) is 0.462. The Balaban J connectivity index is 2.64. The Labute approximate surface area is 86.2 Å². The fraction of sp³-hybridized carbons (Fsp3) is 0.250. The molecule has 0 aromatic carbocycles. The molecule has 1 unspecified atom stereocenters. The van der Waals surface area contributed by atoms with E-state index in [0.29, 0.717) is 5.02 Å². The van der Waals surface area contributed by atoms with E-state index in [-0.39, 0.29) is 11.1 Å². The molecule has 1 aromatic heterocycles. The molecule has 1 heterocycles. The van der Waals surface area contributed by atoms with Crippen molar-refractivity contribution < 1.29 is 0 Å². The van der Waals surface area contributed by atoms with E-state index in [2.05, 4.69) is 4.98 Å². The van der Waals surface area contributed by atoms with Crippen LogP contribution in [0.5, 0.6) is 0 Å². The summed E-state index contributed by atoms with van der Waals surface area (Å²) in [7, 11) is 0. The third-order valence-corrected chi connectivity index (χ3v) is 2.75. The van der Waals surface area contributed by atoms with Gasteiger partial charge in [-0.2, -0.15) is 0 Å². The largest absolute Gasteiger partial charge is 0.387 e. The van der Waals surface area contributed by atoms with Crippen LogP contribution in [0.1, 0.15) is 6.92 Å². The molecule has 0 radical (unpaired) electrons. The standard InChI is InChI=1S/C8H10ClN3S/c1-5(8(10)11)13-7-3-2-6(9)4-12-7/h2-5H,1H3,(H3,10,11). The molecule has 0 bridgehead atoms. The lowest BCUT2D eigenvalue weighted by atomic mass is 10.4. The first-order valence-corrected chi connectivity index (χ1v) is 4.97. The van der Waals surface area contributed by atoms with Crippen molar-refractivity contribution in [3.63, 3.8) is 0 Å². The number of nitrogens with zero attached hydrogens (tertiary/aromatic N) is 1. The first-order valence-electron chi connectivity index (χ1n) is 3.71. The molecule has 13 heavy (non-hydrogen) atoms. The molecule has 3 nitrogen and oxygen atoms in total. The summed E-state index contributed by atoms with van der Waals surface area (Å²) in [5.74, 6) is 0.154. The first kappa shape index (κ1) is 10.3. The van der Waals surface area contributed by atoms with Crippen LogP contribution in [0.15, 0.2) is 23.4 Å². The molecular formula is C8H10ClN3S. The number of hydrogen-bond donors (Lipinski definition) is 2. The zero-order valence-electron chi connectivity index (χ0n) is 7.12. The molecule has 0 saturated carbocycles. The highest BCUT2D eigenvalue weighted by Crippen LogP contribution is 2.21. The van der Waals surface area contributed by atoms with Crippen molar-refractivity contribution in [2.75, 3.05) is 0 Å². The smallest absolute Gasteiger partial charge is 0.104 e. The molecule has 1 aromatic rings. The monoisotopic (exact) mass is 215 g/mol. The number of nitrogens with two attached hydrogens (primary N) is 1. The number of halogens is 1. The van der Waals surface area contributed by atoms with E-state index in [9.17, 15) is 0 Å². The van der Waals surface area contributed by atoms with Crippen LogP contribution in [-0.2, 0) is 0 Å². The van der Waals surface area contributed by atoms with E-state index < -0.39 is 0 Å². The van der Waals surface area contributed by atoms with E-state index >= 15 is 0 Å². The number of amidine groups is 1. The summed E-state index contributed by atoms with van der Waals surface area (Å²) in [6.07, 6.45) is 1.58. The first-order chi connectivity index (χ1) is 6.09. The SMILES string of the molecule is CC(Sc1ccc(Cl)cn1)C(=N)N. The van der Waals surface area contributed by atoms with E-state index in [1.165, 1.54) is 11.8 Å². The summed E-state index contributed by atoms with van der Waals surface area (Å²) in [5, 5.41) is 8.58. The molecule has 1 atom stereocenters. The van der Waals surface area contributed by atoms with Crippen molar-refractivity contribution in [3.05, 3.63) is 23.4 Å². The van der Waals surface area contributed by atoms with Crippen LogP contribution in [0.25, 0.3) is 0 Å². The lowest BCUT2D eigenvalue weighted by Crippen LogP contribution is -2.21. The lowest BCUT2D eigenvalue weighted by molar-refractivity contribution is 1.12. The summed E-state index contributed by atoms with van der Waals surface area (Å²) in [4.78, 5) is 4.08. The summed E-state index contributed by atoms with van der Waals surface area (Å²) < 4.78 is 0. The van der Waals surface area contributed by atoms with Crippen molar-refractivity contribution >= 4 is 29.2 Å². The van der Waals surface area contributed by atoms with Crippen molar-refractivity contribution in [2.45, 2.75) is 17.2 Å². The van der Waals surface area contributed by atoms with E-state index in [1.54, 1.807) is 12.3 Å². The summed E-state index contributed by atoms with van der Waals surface area (Å²) >= 11 is 7.11. The number of nitrogens with one attached hydrogen (secondary N) is 1. The van der Waals surface area contributed by atoms with Gasteiger partial charge in [0.15, 0.2) is 0 Å². The van der Waals surface area contributed by atoms with Crippen molar-refractivity contribution in [2.24, 2.45) is 5.73 Å². The fourth-order valence-corrected chi connectivity index (χ4v) is 1.54. The molecule has 70 valence electrons. The van der Waals surface area contributed by atoms with Crippen LogP contribution in [0.3, 0.4) is 0 Å². The Hall–Kier alpha value is -0.740. The molecule has 0 spiro atoms. The van der Waals surface area contributed by atoms with E-state index in [0.717, 1.165) is 5.03 Å². The molecule has 0 amide bonds. The number of thioether (sulfide) groups is 1. The van der Waals surface area contributed by atoms with Crippen molar-refractivity contribution in [3.8, 4) is 0 Å². The Kier molecular flexibility index (Phi) is 3.57. The van der Waals surface area contributed by atoms with Crippen LogP contribution >= 0.6 is 23.4 Å². The second-order valence-corrected chi connectivity index (χ2v) is 4.33. The van der Waals surface area contributed by atoms with Crippen LogP contribution in [0.2, 0.25) is 5.02 Å². The number of rotatable bonds is 3. The Morgan fingerprint density at radius 3 is 2.85 bits per heavy atom. The molecule has 3 N–H and O–H groups in total. The molecular weight excluding hydrogens is 206 g/mol. The van der Waals surface area contributed by atoms with Crippen LogP contribution < -0.4 is 5.73 Å². The van der Waals surface area contributed by atoms with E-state index in [1.807, 2.05) is 13.0 Å². The van der Waals surface area contributed by atoms with Gasteiger partial charge < -0.3 is 5.73 Å². The maximum absolute atomic E-state index is 7.19. The van der Waals surface area contributed by atoms with Gasteiger partial charge in [-0.25, -0.2) is 4.98 Å². The average Bonchev–Trinajstić information content (AvgIpc) is 2.08. The molecule has 0 aliphatic heterocycles. The zero-order valence-corrected chi connectivity index (χ0v) is 8.69. The highest BCUT2D eigenvalue weighted by molar-refractivity contribution is 8.00. The van der Waals surface area contributed by atoms with E-state index in [4.69, 9.17) is 22.7 Å². The van der Waals surface area contributed by atoms with Gasteiger partial charge in [0.2, 0.25) is 0 Å². The van der Waals surface area contributed by atoms with Gasteiger partial charge in [0.1, 0.15) is 5.84 Å². The molecule has 0 aliphatic carbocycles. The molecule has 1 rings (SSSR count). The fourth-order valence-electron chi connectivity index (χ4n) is 0.677. The Morgan fingerprint density at radius 1 is 1.69 bits per heavy atom. The maximum atomic E-state index is 7.19. The molecule has 0 aliphatic rings. The molecule has 0 saturated heterocycles. The second-order valence-electron chi connectivity index (χ2n) is 2.53. The van der Waals surface area contributed by atoms with Crippen LogP contribution in [-0.4, -0.2) is 16.1 Å². The number of hydrogen-bond acceptors (Lipinski definition) is 3. The van der Waals surface area contributed by atoms with Gasteiger partial charge in [-0.05, 0) is 19.1 Å². The minimum atomic E-state index is -0.0475. The van der Waals surface area contributed by atoms with Gasteiger partial charge in [0.05, 0.1) is 15.3 Å². The second kappa shape index (κ2) is 4.48. The van der Waals surface area contributed by atoms with Gasteiger partial charge >= 0.3 is 0 Å². The predicted octanol–water partition coefficient (Wildman–Crippen LogP) is 2.15. The predicted molar refractivity (Wildman–Crippen MR) is 56.5 cm³/mol. The average molecular weight is 216 g/mol. The maximum Gasteiger partial charge on any atom is 0.104 e. The summed E-state index contributed by atoms with van der Waals surface area (Å²) in [6.45, 7) is 1.86. The Morgan fingerprint density at radius 2 is 2.38 bits per heavy atom. The van der Waals surface area contributed by atoms with Crippen LogP contribution in [0, 0.1) is 5.41 Å². The van der Waals surface area contributed by atoms with Crippen molar-refractivity contribution in [1.82, 2.24) is 4.98 Å². The highest BCUT2D eigenvalue weighted by Gasteiger charge is 2.07. The highest BCUT2D eigenvalue weighted by atomic mass is 35.5. The topological polar surface area (TPSA) is 62.8 Å². The lowest BCUT2D eigenvalue weighted by Gasteiger charge is -2.07. The summed E-state index contributed by atoms with van der Waals surface area (Å²) in [5.41, 5.74) is 5.32. The van der Waals surface area contributed by atoms with Gasteiger partial charge in [0.25, 0.3) is 0 Å². The third kappa shape index (κ3) is 3.24. The molecule has 5 heteroatoms. The number of aromatic nitrogens is 1. The van der Waals surface area contributed by atoms with Gasteiger partial charge in [-0.1, -0.05) is 23.4 Å². The van der Waals surface area contributed by atoms with Gasteiger partial charge in [-0.15, -0.1) is 0 Å². The third-order valence-electron chi connectivity index (χ3n) is 1.44. The Bertz CT molecular complexity index is 299. The minimum absolute atomic E-state index is 0.0475. The summed E-state index contributed by atoms with van der Waals surface area (Å²) in [6, 6.07) is 3.58.